The molecule has 2 saturated heterocycles. The summed E-state index contributed by atoms with van der Waals surface area (Å²) < 4.78 is 13.1. The Hall–Kier alpha value is -2.81. The van der Waals surface area contributed by atoms with Crippen LogP contribution >= 0.6 is 11.3 Å². The Labute approximate surface area is 158 Å². The van der Waals surface area contributed by atoms with E-state index in [1.54, 1.807) is 24.0 Å². The quantitative estimate of drug-likeness (QED) is 0.771. The number of aromatic nitrogens is 1. The minimum Gasteiger partial charge on any atom is -0.338 e. The van der Waals surface area contributed by atoms with Crippen LogP contribution in [0, 0.1) is 12.7 Å². The fourth-order valence-corrected chi connectivity index (χ4v) is 4.47. The van der Waals surface area contributed by atoms with Gasteiger partial charge in [-0.15, -0.1) is 11.3 Å². The molecule has 0 atom stereocenters. The van der Waals surface area contributed by atoms with E-state index in [1.807, 2.05) is 0 Å². The third-order valence-electron chi connectivity index (χ3n) is 5.00. The normalized spacial score (nSPS) is 18.5. The number of nitrogens with zero attached hydrogens (tertiary/aromatic N) is 2. The molecule has 7 nitrogen and oxygen atoms in total. The zero-order valence-electron chi connectivity index (χ0n) is 14.5. The molecule has 2 aromatic rings. The lowest BCUT2D eigenvalue weighted by molar-refractivity contribution is -0.125. The average molecular weight is 388 g/mol. The van der Waals surface area contributed by atoms with Gasteiger partial charge in [0.25, 0.3) is 11.8 Å². The van der Waals surface area contributed by atoms with E-state index in [2.05, 4.69) is 15.6 Å². The van der Waals surface area contributed by atoms with Crippen LogP contribution in [0.3, 0.4) is 0 Å². The molecular formula is C18H17FN4O3S. The van der Waals surface area contributed by atoms with Crippen molar-refractivity contribution < 1.29 is 18.8 Å². The van der Waals surface area contributed by atoms with Gasteiger partial charge in [0.05, 0.1) is 5.69 Å². The highest BCUT2D eigenvalue weighted by atomic mass is 32.1. The van der Waals surface area contributed by atoms with Gasteiger partial charge < -0.3 is 10.2 Å². The summed E-state index contributed by atoms with van der Waals surface area (Å²) in [5.74, 6) is -0.793. The molecule has 27 heavy (non-hydrogen) atoms. The van der Waals surface area contributed by atoms with Crippen LogP contribution < -0.4 is 10.6 Å². The second kappa shape index (κ2) is 6.41. The second-order valence-electron chi connectivity index (χ2n) is 6.72. The third kappa shape index (κ3) is 3.08. The molecule has 0 unspecified atom stereocenters. The maximum atomic E-state index is 13.1. The summed E-state index contributed by atoms with van der Waals surface area (Å²) in [6.45, 7) is 2.51. The predicted octanol–water partition coefficient (Wildman–Crippen LogP) is 2.07. The lowest BCUT2D eigenvalue weighted by atomic mass is 9.87. The number of imide groups is 1. The van der Waals surface area contributed by atoms with Gasteiger partial charge in [-0.05, 0) is 44.0 Å². The van der Waals surface area contributed by atoms with Crippen molar-refractivity contribution in [3.8, 4) is 10.6 Å². The molecule has 1 aromatic carbocycles. The molecule has 1 aromatic heterocycles. The molecule has 2 fully saturated rings. The Balaban J connectivity index is 1.50. The van der Waals surface area contributed by atoms with Gasteiger partial charge in [-0.25, -0.2) is 14.2 Å². The summed E-state index contributed by atoms with van der Waals surface area (Å²) in [6.07, 6.45) is 0.748. The Morgan fingerprint density at radius 3 is 2.48 bits per heavy atom. The monoisotopic (exact) mass is 388 g/mol. The fraction of sp³-hybridized carbons (Fsp3) is 0.333. The number of urea groups is 1. The smallest absolute Gasteiger partial charge is 0.322 e. The number of piperidine rings is 1. The van der Waals surface area contributed by atoms with E-state index in [9.17, 15) is 18.8 Å². The van der Waals surface area contributed by atoms with Gasteiger partial charge in [0.15, 0.2) is 0 Å². The zero-order chi connectivity index (χ0) is 19.2. The number of thiazole rings is 1. The molecule has 1 spiro atoms. The molecule has 0 aliphatic carbocycles. The summed E-state index contributed by atoms with van der Waals surface area (Å²) in [6, 6.07) is 5.50. The molecule has 2 aliphatic rings. The van der Waals surface area contributed by atoms with Gasteiger partial charge >= 0.3 is 6.03 Å². The topological polar surface area (TPSA) is 91.4 Å². The van der Waals surface area contributed by atoms with E-state index >= 15 is 0 Å². The van der Waals surface area contributed by atoms with E-state index in [-0.39, 0.29) is 17.6 Å². The number of likely N-dealkylation sites (tertiary alicyclic amines) is 1. The molecule has 4 rings (SSSR count). The number of carbonyl (C=O) groups is 3. The predicted molar refractivity (Wildman–Crippen MR) is 96.8 cm³/mol. The summed E-state index contributed by atoms with van der Waals surface area (Å²) in [5.41, 5.74) is 0.471. The van der Waals surface area contributed by atoms with Crippen LogP contribution in [0.4, 0.5) is 9.18 Å². The SMILES string of the molecule is Cc1nc(-c2ccc(F)cc2)sc1C(=O)N1CCC2(CC1)NC(=O)NC2=O. The van der Waals surface area contributed by atoms with Crippen molar-refractivity contribution in [3.63, 3.8) is 0 Å². The van der Waals surface area contributed by atoms with Crippen LogP contribution in [0.15, 0.2) is 24.3 Å². The number of benzene rings is 1. The van der Waals surface area contributed by atoms with Crippen LogP contribution in [0.1, 0.15) is 28.2 Å². The molecule has 2 N–H and O–H groups in total. The number of carbonyl (C=O) groups excluding carboxylic acids is 3. The van der Waals surface area contributed by atoms with Crippen molar-refractivity contribution >= 4 is 29.2 Å². The van der Waals surface area contributed by atoms with Crippen molar-refractivity contribution in [2.75, 3.05) is 13.1 Å². The molecule has 9 heteroatoms. The van der Waals surface area contributed by atoms with E-state index in [0.29, 0.717) is 41.5 Å². The summed E-state index contributed by atoms with van der Waals surface area (Å²) in [5, 5.41) is 5.60. The van der Waals surface area contributed by atoms with Gasteiger partial charge in [0.2, 0.25) is 0 Å². The summed E-state index contributed by atoms with van der Waals surface area (Å²) in [7, 11) is 0. The van der Waals surface area contributed by atoms with Gasteiger partial charge in [0.1, 0.15) is 21.2 Å². The Morgan fingerprint density at radius 1 is 1.22 bits per heavy atom. The Kier molecular flexibility index (Phi) is 4.18. The van der Waals surface area contributed by atoms with Gasteiger partial charge in [-0.2, -0.15) is 0 Å². The van der Waals surface area contributed by atoms with Crippen molar-refractivity contribution in [3.05, 3.63) is 40.7 Å². The third-order valence-corrected chi connectivity index (χ3v) is 6.20. The van der Waals surface area contributed by atoms with Crippen molar-refractivity contribution in [2.24, 2.45) is 0 Å². The molecule has 2 aliphatic heterocycles. The van der Waals surface area contributed by atoms with E-state index in [4.69, 9.17) is 0 Å². The summed E-state index contributed by atoms with van der Waals surface area (Å²) >= 11 is 1.27. The Morgan fingerprint density at radius 2 is 1.89 bits per heavy atom. The first-order chi connectivity index (χ1) is 12.9. The van der Waals surface area contributed by atoms with Crippen LogP contribution in [0.2, 0.25) is 0 Å². The van der Waals surface area contributed by atoms with Crippen molar-refractivity contribution in [1.82, 2.24) is 20.5 Å². The van der Waals surface area contributed by atoms with Crippen LogP contribution in [0.25, 0.3) is 10.6 Å². The first kappa shape index (κ1) is 17.6. The number of hydrogen-bond donors (Lipinski definition) is 2. The maximum Gasteiger partial charge on any atom is 0.322 e. The number of nitrogens with one attached hydrogen (secondary N) is 2. The zero-order valence-corrected chi connectivity index (χ0v) is 15.4. The number of halogens is 1. The van der Waals surface area contributed by atoms with E-state index in [0.717, 1.165) is 5.56 Å². The minimum atomic E-state index is -0.907. The summed E-state index contributed by atoms with van der Waals surface area (Å²) in [4.78, 5) is 43.0. The molecule has 0 bridgehead atoms. The first-order valence-electron chi connectivity index (χ1n) is 8.54. The molecule has 3 heterocycles. The lowest BCUT2D eigenvalue weighted by Crippen LogP contribution is -2.55. The Bertz CT molecular complexity index is 933. The van der Waals surface area contributed by atoms with Crippen LogP contribution in [0.5, 0.6) is 0 Å². The average Bonchev–Trinajstić information content (AvgIpc) is 3.15. The van der Waals surface area contributed by atoms with E-state index < -0.39 is 11.6 Å². The fourth-order valence-electron chi connectivity index (χ4n) is 3.43. The molecular weight excluding hydrogens is 371 g/mol. The number of amides is 4. The molecule has 0 saturated carbocycles. The minimum absolute atomic E-state index is 0.141. The van der Waals surface area contributed by atoms with Gasteiger partial charge in [0, 0.05) is 18.7 Å². The molecule has 0 radical (unpaired) electrons. The standard InChI is InChI=1S/C18H17FN4O3S/c1-10-13(27-14(20-10)11-2-4-12(19)5-3-11)15(24)23-8-6-18(7-9-23)16(25)21-17(26)22-18/h2-5H,6-9H2,1H3,(H2,21,22,25,26). The molecule has 140 valence electrons. The maximum absolute atomic E-state index is 13.1. The number of hydrogen-bond acceptors (Lipinski definition) is 5. The van der Waals surface area contributed by atoms with Crippen LogP contribution in [-0.4, -0.2) is 46.4 Å². The number of rotatable bonds is 2. The van der Waals surface area contributed by atoms with Crippen molar-refractivity contribution in [2.45, 2.75) is 25.3 Å². The van der Waals surface area contributed by atoms with Gasteiger partial charge in [-0.1, -0.05) is 0 Å². The van der Waals surface area contributed by atoms with E-state index in [1.165, 1.54) is 23.5 Å². The van der Waals surface area contributed by atoms with Crippen LogP contribution in [-0.2, 0) is 4.79 Å². The molecule has 4 amide bonds. The number of aryl methyl sites for hydroxylation is 1. The van der Waals surface area contributed by atoms with Gasteiger partial charge in [-0.3, -0.25) is 14.9 Å². The highest BCUT2D eigenvalue weighted by Gasteiger charge is 2.48. The first-order valence-corrected chi connectivity index (χ1v) is 9.36. The second-order valence-corrected chi connectivity index (χ2v) is 7.72. The highest BCUT2D eigenvalue weighted by Crippen LogP contribution is 2.31. The lowest BCUT2D eigenvalue weighted by Gasteiger charge is -2.36. The largest absolute Gasteiger partial charge is 0.338 e. The highest BCUT2D eigenvalue weighted by molar-refractivity contribution is 7.17. The van der Waals surface area contributed by atoms with Crippen molar-refractivity contribution in [1.29, 1.82) is 0 Å².